The summed E-state index contributed by atoms with van der Waals surface area (Å²) in [6, 6.07) is 23.7. The van der Waals surface area contributed by atoms with E-state index in [0.29, 0.717) is 22.6 Å². The van der Waals surface area contributed by atoms with Crippen molar-refractivity contribution in [2.45, 2.75) is 24.4 Å². The van der Waals surface area contributed by atoms with E-state index in [1.165, 1.54) is 14.2 Å². The first-order valence-electron chi connectivity index (χ1n) is 11.5. The zero-order valence-corrected chi connectivity index (χ0v) is 20.9. The molecule has 0 heterocycles. The molecule has 0 spiro atoms. The lowest BCUT2D eigenvalue weighted by atomic mass is 9.97. The van der Waals surface area contributed by atoms with Gasteiger partial charge in [0, 0.05) is 7.11 Å². The Morgan fingerprint density at radius 1 is 0.778 bits per heavy atom. The minimum absolute atomic E-state index is 0.592. The first kappa shape index (κ1) is 26.9. The maximum absolute atomic E-state index is 12.9. The normalized spacial score (nSPS) is 14.6. The average molecular weight is 493 g/mol. The first-order valence-corrected chi connectivity index (χ1v) is 11.5. The van der Waals surface area contributed by atoms with Crippen molar-refractivity contribution < 1.29 is 33.6 Å². The van der Waals surface area contributed by atoms with Gasteiger partial charge < -0.3 is 28.8 Å². The number of aliphatic hydroxyl groups excluding tert-OH is 1. The highest BCUT2D eigenvalue weighted by atomic mass is 16.6. The van der Waals surface area contributed by atoms with Gasteiger partial charge in [-0.2, -0.15) is 0 Å². The van der Waals surface area contributed by atoms with Gasteiger partial charge in [-0.05, 0) is 41.0 Å². The molecule has 0 amide bonds. The lowest BCUT2D eigenvalue weighted by Gasteiger charge is -2.30. The van der Waals surface area contributed by atoms with Gasteiger partial charge in [0.25, 0.3) is 0 Å². The van der Waals surface area contributed by atoms with Crippen molar-refractivity contribution in [3.8, 4) is 11.5 Å². The Morgan fingerprint density at radius 3 is 1.83 bits per heavy atom. The smallest absolute Gasteiger partial charge is 0.338 e. The minimum Gasteiger partial charge on any atom is -0.497 e. The van der Waals surface area contributed by atoms with E-state index < -0.39 is 30.4 Å². The maximum atomic E-state index is 12.9. The predicted octanol–water partition coefficient (Wildman–Crippen LogP) is 4.77. The van der Waals surface area contributed by atoms with E-state index in [2.05, 4.69) is 0 Å². The number of esters is 1. The number of ether oxygens (including phenoxy) is 5. The van der Waals surface area contributed by atoms with E-state index in [1.54, 1.807) is 68.8 Å². The largest absolute Gasteiger partial charge is 0.497 e. The summed E-state index contributed by atoms with van der Waals surface area (Å²) < 4.78 is 27.5. The van der Waals surface area contributed by atoms with Crippen molar-refractivity contribution in [1.29, 1.82) is 0 Å². The Kier molecular flexibility index (Phi) is 10.1. The molecule has 36 heavy (non-hydrogen) atoms. The third-order valence-corrected chi connectivity index (χ3v) is 5.76. The van der Waals surface area contributed by atoms with Crippen LogP contribution >= 0.6 is 0 Å². The van der Waals surface area contributed by atoms with Gasteiger partial charge in [0.15, 0.2) is 6.10 Å². The van der Waals surface area contributed by atoms with Crippen LogP contribution < -0.4 is 9.47 Å². The summed E-state index contributed by atoms with van der Waals surface area (Å²) in [4.78, 5) is 12.9. The van der Waals surface area contributed by atoms with Crippen molar-refractivity contribution >= 4 is 12.0 Å². The van der Waals surface area contributed by atoms with Crippen molar-refractivity contribution in [3.05, 3.63) is 102 Å². The van der Waals surface area contributed by atoms with Gasteiger partial charge in [-0.25, -0.2) is 4.79 Å². The van der Waals surface area contributed by atoms with Crippen LogP contribution in [0.1, 0.15) is 28.9 Å². The Morgan fingerprint density at radius 2 is 1.33 bits per heavy atom. The van der Waals surface area contributed by atoms with Crippen molar-refractivity contribution in [2.75, 3.05) is 28.4 Å². The number of rotatable bonds is 12. The standard InChI is InChI=1S/C29H32O7/c1-32-23-15-11-21(12-16-23)26(30)27(22-13-17-24(33-2)18-14-22)36-28(29(31)35-4)25(34-3)19-10-20-8-6-5-7-9-20/h5-19,25-28,30H,1-4H3/b19-10+/t25-,26-,27-,28-/m0/s1. The molecule has 3 aromatic rings. The third-order valence-electron chi connectivity index (χ3n) is 5.76. The summed E-state index contributed by atoms with van der Waals surface area (Å²) in [6.07, 6.45) is -0.373. The van der Waals surface area contributed by atoms with Gasteiger partial charge in [0.05, 0.1) is 21.3 Å². The second-order valence-corrected chi connectivity index (χ2v) is 7.96. The molecule has 7 nitrogen and oxygen atoms in total. The summed E-state index contributed by atoms with van der Waals surface area (Å²) in [5, 5.41) is 11.4. The monoisotopic (exact) mass is 492 g/mol. The summed E-state index contributed by atoms with van der Waals surface area (Å²) >= 11 is 0. The van der Waals surface area contributed by atoms with E-state index in [9.17, 15) is 9.90 Å². The molecule has 0 bridgehead atoms. The van der Waals surface area contributed by atoms with Crippen LogP contribution in [0, 0.1) is 0 Å². The van der Waals surface area contributed by atoms with Gasteiger partial charge in [-0.15, -0.1) is 0 Å². The van der Waals surface area contributed by atoms with Crippen molar-refractivity contribution in [3.63, 3.8) is 0 Å². The van der Waals surface area contributed by atoms with Crippen LogP contribution in [0.25, 0.3) is 6.08 Å². The molecule has 1 N–H and O–H groups in total. The van der Waals surface area contributed by atoms with Crippen LogP contribution in [0.5, 0.6) is 11.5 Å². The molecule has 0 fully saturated rings. The van der Waals surface area contributed by atoms with E-state index in [1.807, 2.05) is 36.4 Å². The number of methoxy groups -OCH3 is 4. The molecule has 7 heteroatoms. The fourth-order valence-electron chi connectivity index (χ4n) is 3.72. The molecule has 0 radical (unpaired) electrons. The highest BCUT2D eigenvalue weighted by Crippen LogP contribution is 2.35. The molecule has 0 unspecified atom stereocenters. The quantitative estimate of drug-likeness (QED) is 0.365. The molecule has 0 aliphatic heterocycles. The fourth-order valence-corrected chi connectivity index (χ4v) is 3.72. The predicted molar refractivity (Wildman–Crippen MR) is 137 cm³/mol. The lowest BCUT2D eigenvalue weighted by Crippen LogP contribution is -2.39. The highest BCUT2D eigenvalue weighted by molar-refractivity contribution is 5.76. The molecular formula is C29H32O7. The maximum Gasteiger partial charge on any atom is 0.338 e. The number of hydrogen-bond donors (Lipinski definition) is 1. The number of carbonyl (C=O) groups is 1. The Balaban J connectivity index is 1.97. The van der Waals surface area contributed by atoms with Gasteiger partial charge in [0.1, 0.15) is 29.8 Å². The zero-order valence-electron chi connectivity index (χ0n) is 20.9. The second-order valence-electron chi connectivity index (χ2n) is 7.96. The molecule has 190 valence electrons. The molecule has 0 aliphatic carbocycles. The topological polar surface area (TPSA) is 83.5 Å². The Bertz CT molecular complexity index is 1090. The van der Waals surface area contributed by atoms with E-state index in [4.69, 9.17) is 23.7 Å². The van der Waals surface area contributed by atoms with E-state index in [0.717, 1.165) is 5.56 Å². The van der Waals surface area contributed by atoms with Crippen molar-refractivity contribution in [1.82, 2.24) is 0 Å². The molecule has 0 aliphatic rings. The third kappa shape index (κ3) is 6.95. The molecule has 0 saturated heterocycles. The number of hydrogen-bond acceptors (Lipinski definition) is 7. The molecule has 4 atom stereocenters. The molecule has 0 aromatic heterocycles. The Labute approximate surface area is 211 Å². The van der Waals surface area contributed by atoms with Crippen LogP contribution in [0.3, 0.4) is 0 Å². The van der Waals surface area contributed by atoms with Gasteiger partial charge in [-0.1, -0.05) is 66.7 Å². The van der Waals surface area contributed by atoms with Gasteiger partial charge in [-0.3, -0.25) is 0 Å². The van der Waals surface area contributed by atoms with Crippen LogP contribution in [-0.4, -0.2) is 51.7 Å². The molecule has 3 aromatic carbocycles. The minimum atomic E-state index is -1.15. The summed E-state index contributed by atoms with van der Waals surface area (Å²) in [7, 11) is 5.92. The fraction of sp³-hybridized carbons (Fsp3) is 0.276. The molecule has 0 saturated carbocycles. The van der Waals surface area contributed by atoms with Crippen molar-refractivity contribution in [2.24, 2.45) is 0 Å². The average Bonchev–Trinajstić information content (AvgIpc) is 2.94. The van der Waals surface area contributed by atoms with Gasteiger partial charge in [0.2, 0.25) is 0 Å². The Hall–Kier alpha value is -3.65. The first-order chi connectivity index (χ1) is 17.5. The number of carbonyl (C=O) groups excluding carboxylic acids is 1. The number of aliphatic hydroxyl groups is 1. The summed E-state index contributed by atoms with van der Waals surface area (Å²) in [5.74, 6) is 0.687. The summed E-state index contributed by atoms with van der Waals surface area (Å²) in [6.45, 7) is 0. The second kappa shape index (κ2) is 13.4. The SMILES string of the molecule is COC(=O)[C@@H](O[C@@H](c1ccc(OC)cc1)[C@@H](O)c1ccc(OC)cc1)[C@H](/C=C/c1ccccc1)OC. The van der Waals surface area contributed by atoms with Crippen LogP contribution in [-0.2, 0) is 19.0 Å². The van der Waals surface area contributed by atoms with Crippen LogP contribution in [0.2, 0.25) is 0 Å². The van der Waals surface area contributed by atoms with E-state index in [-0.39, 0.29) is 0 Å². The lowest BCUT2D eigenvalue weighted by molar-refractivity contribution is -0.174. The molecular weight excluding hydrogens is 460 g/mol. The number of benzene rings is 3. The van der Waals surface area contributed by atoms with Gasteiger partial charge >= 0.3 is 5.97 Å². The van der Waals surface area contributed by atoms with Crippen LogP contribution in [0.4, 0.5) is 0 Å². The van der Waals surface area contributed by atoms with E-state index >= 15 is 0 Å². The zero-order chi connectivity index (χ0) is 25.9. The molecule has 3 rings (SSSR count). The summed E-state index contributed by atoms with van der Waals surface area (Å²) in [5.41, 5.74) is 2.18. The highest BCUT2D eigenvalue weighted by Gasteiger charge is 2.35. The van der Waals surface area contributed by atoms with Crippen LogP contribution in [0.15, 0.2) is 84.9 Å².